The number of hydrogen-bond donors (Lipinski definition) is 2. The van der Waals surface area contributed by atoms with Crippen molar-refractivity contribution in [1.29, 1.82) is 5.41 Å². The zero-order valence-corrected chi connectivity index (χ0v) is 19.1. The average Bonchev–Trinajstić information content (AvgIpc) is 3.40. The van der Waals surface area contributed by atoms with Gasteiger partial charge in [0, 0.05) is 36.6 Å². The minimum Gasteiger partial charge on any atom is -0.510 e. The van der Waals surface area contributed by atoms with Gasteiger partial charge in [-0.2, -0.15) is 0 Å². The van der Waals surface area contributed by atoms with Crippen molar-refractivity contribution >= 4 is 22.7 Å². The molecule has 1 fully saturated rings. The monoisotopic (exact) mass is 444 g/mol. The fraction of sp³-hybridized carbons (Fsp3) is 0.308. The highest BCUT2D eigenvalue weighted by Crippen LogP contribution is 2.34. The Morgan fingerprint density at radius 2 is 1.78 bits per heavy atom. The molecule has 2 aromatic carbocycles. The Bertz CT molecular complexity index is 1130. The summed E-state index contributed by atoms with van der Waals surface area (Å²) in [6, 6.07) is 19.2. The summed E-state index contributed by atoms with van der Waals surface area (Å²) >= 11 is 1.50. The van der Waals surface area contributed by atoms with Crippen molar-refractivity contribution in [3.8, 4) is 11.3 Å². The molecule has 2 aliphatic heterocycles. The maximum absolute atomic E-state index is 10.7. The first-order valence-corrected chi connectivity index (χ1v) is 12.0. The number of aliphatic hydroxyl groups is 1. The number of benzene rings is 2. The molecular formula is C26H28N4OS. The van der Waals surface area contributed by atoms with Crippen molar-refractivity contribution in [2.45, 2.75) is 32.4 Å². The third-order valence-electron chi connectivity index (χ3n) is 6.44. The van der Waals surface area contributed by atoms with Crippen LogP contribution in [0.4, 0.5) is 0 Å². The largest absolute Gasteiger partial charge is 0.510 e. The minimum absolute atomic E-state index is 0.270. The highest BCUT2D eigenvalue weighted by atomic mass is 32.1. The van der Waals surface area contributed by atoms with Gasteiger partial charge in [0.25, 0.3) is 0 Å². The second kappa shape index (κ2) is 8.88. The van der Waals surface area contributed by atoms with Crippen LogP contribution in [0.3, 0.4) is 0 Å². The molecule has 6 heteroatoms. The fourth-order valence-electron chi connectivity index (χ4n) is 4.61. The zero-order chi connectivity index (χ0) is 22.1. The fourth-order valence-corrected chi connectivity index (χ4v) is 5.51. The van der Waals surface area contributed by atoms with Gasteiger partial charge in [-0.3, -0.25) is 10.3 Å². The number of hydrogen-bond acceptors (Lipinski definition) is 5. The van der Waals surface area contributed by atoms with Crippen LogP contribution in [0.2, 0.25) is 0 Å². The van der Waals surface area contributed by atoms with Crippen LogP contribution in [-0.2, 0) is 6.54 Å². The Morgan fingerprint density at radius 3 is 2.50 bits per heavy atom. The van der Waals surface area contributed by atoms with Crippen LogP contribution in [0, 0.1) is 12.3 Å². The van der Waals surface area contributed by atoms with E-state index in [0.29, 0.717) is 18.0 Å². The van der Waals surface area contributed by atoms with Gasteiger partial charge in [-0.25, -0.2) is 4.98 Å². The number of rotatable bonds is 5. The third kappa shape index (κ3) is 4.20. The number of aliphatic hydroxyl groups excluding tert-OH is 1. The van der Waals surface area contributed by atoms with Gasteiger partial charge in [0.15, 0.2) is 0 Å². The maximum Gasteiger partial charge on any atom is 0.135 e. The first-order valence-electron chi connectivity index (χ1n) is 11.2. The van der Waals surface area contributed by atoms with E-state index >= 15 is 0 Å². The topological polar surface area (TPSA) is 63.5 Å². The molecule has 0 saturated carbocycles. The lowest BCUT2D eigenvalue weighted by molar-refractivity contribution is 0.149. The number of likely N-dealkylation sites (tertiary alicyclic amines) is 1. The van der Waals surface area contributed by atoms with Gasteiger partial charge in [-0.05, 0) is 25.3 Å². The highest BCUT2D eigenvalue weighted by Gasteiger charge is 2.35. The summed E-state index contributed by atoms with van der Waals surface area (Å²) in [5.41, 5.74) is 5.11. The van der Waals surface area contributed by atoms with Crippen molar-refractivity contribution in [3.05, 3.63) is 81.9 Å². The summed E-state index contributed by atoms with van der Waals surface area (Å²) in [7, 11) is 0. The summed E-state index contributed by atoms with van der Waals surface area (Å²) in [6.45, 7) is 5.47. The lowest BCUT2D eigenvalue weighted by Crippen LogP contribution is -2.45. The predicted molar refractivity (Wildman–Crippen MR) is 131 cm³/mol. The smallest absolute Gasteiger partial charge is 0.135 e. The Labute approximate surface area is 193 Å². The Kier molecular flexibility index (Phi) is 5.81. The van der Waals surface area contributed by atoms with Crippen molar-refractivity contribution < 1.29 is 5.11 Å². The molecule has 2 aliphatic rings. The van der Waals surface area contributed by atoms with Gasteiger partial charge in [-0.1, -0.05) is 60.2 Å². The van der Waals surface area contributed by atoms with Crippen molar-refractivity contribution in [2.75, 3.05) is 19.6 Å². The molecule has 0 aliphatic carbocycles. The maximum atomic E-state index is 10.7. The third-order valence-corrected chi connectivity index (χ3v) is 7.30. The number of piperidine rings is 1. The summed E-state index contributed by atoms with van der Waals surface area (Å²) in [6.07, 6.45) is 2.00. The van der Waals surface area contributed by atoms with E-state index in [1.54, 1.807) is 0 Å². The molecular weight excluding hydrogens is 416 g/mol. The molecule has 0 radical (unpaired) electrons. The summed E-state index contributed by atoms with van der Waals surface area (Å²) in [5, 5.41) is 22.3. The molecule has 0 amide bonds. The van der Waals surface area contributed by atoms with Gasteiger partial charge in [0.05, 0.1) is 17.8 Å². The van der Waals surface area contributed by atoms with E-state index in [1.807, 2.05) is 5.38 Å². The molecule has 5 rings (SSSR count). The van der Waals surface area contributed by atoms with Crippen LogP contribution in [0.25, 0.3) is 16.8 Å². The van der Waals surface area contributed by atoms with Crippen LogP contribution in [0.5, 0.6) is 0 Å². The lowest BCUT2D eigenvalue weighted by Gasteiger charge is -2.37. The average molecular weight is 445 g/mol. The number of amidine groups is 1. The molecule has 0 spiro atoms. The van der Waals surface area contributed by atoms with Crippen LogP contribution >= 0.6 is 11.3 Å². The Morgan fingerprint density at radius 1 is 1.06 bits per heavy atom. The molecule has 32 heavy (non-hydrogen) atoms. The van der Waals surface area contributed by atoms with E-state index < -0.39 is 0 Å². The lowest BCUT2D eigenvalue weighted by atomic mass is 10.0. The first-order chi connectivity index (χ1) is 15.6. The molecule has 5 nitrogen and oxygen atoms in total. The van der Waals surface area contributed by atoms with E-state index in [4.69, 9.17) is 10.4 Å². The quantitative estimate of drug-likeness (QED) is 0.557. The summed E-state index contributed by atoms with van der Waals surface area (Å²) in [5.74, 6) is 0.681. The van der Waals surface area contributed by atoms with Gasteiger partial charge < -0.3 is 10.0 Å². The Balaban J connectivity index is 1.24. The second-order valence-corrected chi connectivity index (χ2v) is 9.55. The second-order valence-electron chi connectivity index (χ2n) is 8.70. The van der Waals surface area contributed by atoms with E-state index in [-0.39, 0.29) is 11.8 Å². The summed E-state index contributed by atoms with van der Waals surface area (Å²) < 4.78 is 0. The van der Waals surface area contributed by atoms with Crippen LogP contribution < -0.4 is 0 Å². The van der Waals surface area contributed by atoms with E-state index in [1.165, 1.54) is 22.5 Å². The van der Waals surface area contributed by atoms with E-state index in [9.17, 15) is 5.11 Å². The number of aryl methyl sites for hydroxylation is 1. The van der Waals surface area contributed by atoms with Crippen LogP contribution in [0.1, 0.15) is 29.0 Å². The first kappa shape index (κ1) is 20.9. The molecule has 0 bridgehead atoms. The number of nitrogens with zero attached hydrogens (tertiary/aromatic N) is 3. The highest BCUT2D eigenvalue weighted by molar-refractivity contribution is 7.11. The summed E-state index contributed by atoms with van der Waals surface area (Å²) in [4.78, 5) is 9.30. The number of thiazole rings is 1. The minimum atomic E-state index is 0.270. The van der Waals surface area contributed by atoms with Gasteiger partial charge in [-0.15, -0.1) is 11.3 Å². The molecule has 0 atom stereocenters. The SMILES string of the molecule is Cc1ccc(-c2csc(C3=C(O)CN(C4CCN(Cc5ccccc5)CC4)C3=N)n2)cc1. The number of aromatic nitrogens is 1. The van der Waals surface area contributed by atoms with Gasteiger partial charge in [0.2, 0.25) is 0 Å². The standard InChI is InChI=1S/C26H28N4OS/c1-18-7-9-20(10-8-18)22-17-32-26(28-22)24-23(31)16-30(25(24)27)21-11-13-29(14-12-21)15-19-5-3-2-4-6-19/h2-10,17,21,27,31H,11-16H2,1H3. The predicted octanol–water partition coefficient (Wildman–Crippen LogP) is 5.35. The zero-order valence-electron chi connectivity index (χ0n) is 18.3. The van der Waals surface area contributed by atoms with E-state index in [0.717, 1.165) is 48.7 Å². The van der Waals surface area contributed by atoms with Crippen molar-refractivity contribution in [3.63, 3.8) is 0 Å². The van der Waals surface area contributed by atoms with Crippen LogP contribution in [-0.4, -0.2) is 51.4 Å². The molecule has 1 aromatic heterocycles. The van der Waals surface area contributed by atoms with Crippen molar-refractivity contribution in [1.82, 2.24) is 14.8 Å². The molecule has 3 heterocycles. The normalized spacial score (nSPS) is 18.0. The molecule has 2 N–H and O–H groups in total. The molecule has 1 saturated heterocycles. The van der Waals surface area contributed by atoms with Gasteiger partial charge in [0.1, 0.15) is 16.6 Å². The van der Waals surface area contributed by atoms with Gasteiger partial charge >= 0.3 is 0 Å². The van der Waals surface area contributed by atoms with Crippen LogP contribution in [0.15, 0.2) is 65.7 Å². The molecule has 164 valence electrons. The number of nitrogens with one attached hydrogen (secondary N) is 1. The van der Waals surface area contributed by atoms with E-state index in [2.05, 4.69) is 71.3 Å². The Hall–Kier alpha value is -2.96. The molecule has 0 unspecified atom stereocenters. The van der Waals surface area contributed by atoms with Crippen molar-refractivity contribution in [2.24, 2.45) is 0 Å². The molecule has 3 aromatic rings.